The number of urea groups is 2. The van der Waals surface area contributed by atoms with Crippen molar-refractivity contribution < 1.29 is 9.59 Å². The Labute approximate surface area is 293 Å². The highest BCUT2D eigenvalue weighted by molar-refractivity contribution is 6.03. The van der Waals surface area contributed by atoms with Gasteiger partial charge in [-0.15, -0.1) is 0 Å². The highest BCUT2D eigenvalue weighted by Gasteiger charge is 2.57. The van der Waals surface area contributed by atoms with Crippen LogP contribution in [0.3, 0.4) is 0 Å². The average Bonchev–Trinajstić information content (AvgIpc) is 3.13. The molecule has 252 valence electrons. The molecular weight excluding hydrogens is 617 g/mol. The average molecular weight is 661 g/mol. The molecule has 4 aliphatic carbocycles. The van der Waals surface area contributed by atoms with Gasteiger partial charge in [-0.3, -0.25) is 0 Å². The number of carbonyl (C=O) groups is 2. The highest BCUT2D eigenvalue weighted by atomic mass is 16.2. The maximum absolute atomic E-state index is 13.3. The Balaban J connectivity index is 0.845. The second kappa shape index (κ2) is 12.3. The first-order valence-electron chi connectivity index (χ1n) is 18.3. The number of carbonyl (C=O) groups excluding carboxylic acids is 2. The van der Waals surface area contributed by atoms with Crippen LogP contribution in [-0.4, -0.2) is 25.2 Å². The number of amides is 4. The van der Waals surface area contributed by atoms with E-state index in [1.165, 1.54) is 75.2 Å². The minimum absolute atomic E-state index is 0.0909. The smallest absolute Gasteiger partial charge is 0.315 e. The molecule has 4 N–H and O–H groups in total. The van der Waals surface area contributed by atoms with Gasteiger partial charge in [-0.25, -0.2) is 9.59 Å². The summed E-state index contributed by atoms with van der Waals surface area (Å²) in [6.07, 6.45) is 7.00. The molecule has 4 amide bonds. The predicted molar refractivity (Wildman–Crippen MR) is 203 cm³/mol. The second-order valence-electron chi connectivity index (χ2n) is 15.6. The molecular formula is C44H44N4O2. The normalized spacial score (nSPS) is 23.8. The lowest BCUT2D eigenvalue weighted by atomic mass is 9.44. The van der Waals surface area contributed by atoms with Gasteiger partial charge in [0.1, 0.15) is 0 Å². The van der Waals surface area contributed by atoms with Crippen LogP contribution in [0.15, 0.2) is 109 Å². The van der Waals surface area contributed by atoms with E-state index >= 15 is 0 Å². The number of hydrogen-bond donors (Lipinski definition) is 4. The lowest BCUT2D eigenvalue weighted by Gasteiger charge is -2.62. The highest BCUT2D eigenvalue weighted by Crippen LogP contribution is 2.64. The zero-order valence-electron chi connectivity index (χ0n) is 28.4. The minimum Gasteiger partial charge on any atom is -0.338 e. The number of nitrogens with one attached hydrogen (secondary N) is 4. The molecule has 0 unspecified atom stereocenters. The van der Waals surface area contributed by atoms with Crippen LogP contribution in [0.4, 0.5) is 9.59 Å². The van der Waals surface area contributed by atoms with Gasteiger partial charge in [0.2, 0.25) is 0 Å². The molecule has 50 heavy (non-hydrogen) atoms. The molecule has 6 aromatic rings. The first kappa shape index (κ1) is 30.9. The number of benzene rings is 6. The van der Waals surface area contributed by atoms with E-state index in [1.807, 2.05) is 0 Å². The Morgan fingerprint density at radius 3 is 1.20 bits per heavy atom. The summed E-state index contributed by atoms with van der Waals surface area (Å²) in [7, 11) is 0. The van der Waals surface area contributed by atoms with Gasteiger partial charge in [0.05, 0.1) is 0 Å². The van der Waals surface area contributed by atoms with E-state index in [1.54, 1.807) is 0 Å². The van der Waals surface area contributed by atoms with Gasteiger partial charge in [-0.05, 0) is 128 Å². The Morgan fingerprint density at radius 1 is 0.500 bits per heavy atom. The first-order valence-corrected chi connectivity index (χ1v) is 18.3. The molecule has 6 nitrogen and oxygen atoms in total. The van der Waals surface area contributed by atoms with Crippen LogP contribution in [0.5, 0.6) is 0 Å². The Kier molecular flexibility index (Phi) is 7.63. The van der Waals surface area contributed by atoms with Crippen molar-refractivity contribution in [1.29, 1.82) is 0 Å². The molecule has 0 aromatic heterocycles. The van der Waals surface area contributed by atoms with Crippen LogP contribution in [0, 0.1) is 22.7 Å². The van der Waals surface area contributed by atoms with Gasteiger partial charge in [0, 0.05) is 26.2 Å². The summed E-state index contributed by atoms with van der Waals surface area (Å²) in [6.45, 7) is 2.32. The molecule has 4 bridgehead atoms. The predicted octanol–water partition coefficient (Wildman–Crippen LogP) is 9.18. The standard InChI is InChI=1S/C44H44N4O2/c49-41(45-24-39-35-13-5-1-9-31(35)18-32-10-2-6-14-36(32)39)47-27-43-20-29-17-30(21-43)23-44(22-29,26-43)28-48-42(50)46-25-40-37-15-7-3-11-33(37)19-34-12-4-8-16-38(34)40/h1-16,18-19,29-30H,17,20-28H2,(H2,45,47,49)(H2,46,48,50). The van der Waals surface area contributed by atoms with Crippen LogP contribution in [0.1, 0.15) is 49.7 Å². The Bertz CT molecular complexity index is 2000. The van der Waals surface area contributed by atoms with Gasteiger partial charge >= 0.3 is 12.1 Å². The quantitative estimate of drug-likeness (QED) is 0.123. The fourth-order valence-electron chi connectivity index (χ4n) is 10.7. The summed E-state index contributed by atoms with van der Waals surface area (Å²) in [5.74, 6) is 1.32. The molecule has 10 rings (SSSR count). The molecule has 4 aliphatic rings. The third-order valence-electron chi connectivity index (χ3n) is 12.2. The Morgan fingerprint density at radius 2 is 0.840 bits per heavy atom. The fraction of sp³-hybridized carbons (Fsp3) is 0.318. The summed E-state index contributed by atoms with van der Waals surface area (Å²) in [5.41, 5.74) is 2.49. The molecule has 0 heterocycles. The van der Waals surface area contributed by atoms with Crippen molar-refractivity contribution in [2.24, 2.45) is 22.7 Å². The molecule has 6 heteroatoms. The summed E-state index contributed by atoms with van der Waals surface area (Å²) in [6, 6.07) is 37.9. The summed E-state index contributed by atoms with van der Waals surface area (Å²) in [4.78, 5) is 26.7. The Hall–Kier alpha value is -5.10. The third kappa shape index (κ3) is 5.70. The maximum atomic E-state index is 13.3. The van der Waals surface area contributed by atoms with E-state index in [0.717, 1.165) is 17.5 Å². The lowest BCUT2D eigenvalue weighted by molar-refractivity contribution is -0.105. The molecule has 6 aromatic carbocycles. The van der Waals surface area contributed by atoms with Crippen molar-refractivity contribution in [2.75, 3.05) is 13.1 Å². The number of fused-ring (bicyclic) bond motifs is 4. The van der Waals surface area contributed by atoms with E-state index in [9.17, 15) is 9.59 Å². The molecule has 4 fully saturated rings. The van der Waals surface area contributed by atoms with Crippen LogP contribution < -0.4 is 21.3 Å². The monoisotopic (exact) mass is 660 g/mol. The lowest BCUT2D eigenvalue weighted by Crippen LogP contribution is -2.59. The van der Waals surface area contributed by atoms with E-state index in [4.69, 9.17) is 0 Å². The molecule has 0 spiro atoms. The van der Waals surface area contributed by atoms with Gasteiger partial charge < -0.3 is 21.3 Å². The van der Waals surface area contributed by atoms with Gasteiger partial charge in [-0.2, -0.15) is 0 Å². The zero-order chi connectivity index (χ0) is 33.7. The molecule has 0 aliphatic heterocycles. The van der Waals surface area contributed by atoms with Crippen molar-refractivity contribution >= 4 is 55.2 Å². The maximum Gasteiger partial charge on any atom is 0.315 e. The SMILES string of the molecule is O=C(NCc1c2ccccc2cc2ccccc12)NCC12CC3CC(C1)CC(CNC(=O)NCc1c4ccccc4cc4ccccc14)(C3)C2. The summed E-state index contributed by atoms with van der Waals surface area (Å²) < 4.78 is 0. The topological polar surface area (TPSA) is 82.3 Å². The number of rotatable bonds is 8. The first-order chi connectivity index (χ1) is 24.4. The van der Waals surface area contributed by atoms with E-state index < -0.39 is 0 Å². The minimum atomic E-state index is -0.106. The van der Waals surface area contributed by atoms with Gasteiger partial charge in [0.25, 0.3) is 0 Å². The fourth-order valence-corrected chi connectivity index (χ4v) is 10.7. The van der Waals surface area contributed by atoms with E-state index in [-0.39, 0.29) is 22.9 Å². The van der Waals surface area contributed by atoms with Gasteiger partial charge in [0.15, 0.2) is 0 Å². The van der Waals surface area contributed by atoms with E-state index in [0.29, 0.717) is 38.0 Å². The van der Waals surface area contributed by atoms with Crippen LogP contribution >= 0.6 is 0 Å². The molecule has 0 radical (unpaired) electrons. The van der Waals surface area contributed by atoms with Crippen molar-refractivity contribution in [3.63, 3.8) is 0 Å². The number of hydrogen-bond acceptors (Lipinski definition) is 2. The van der Waals surface area contributed by atoms with Gasteiger partial charge in [-0.1, -0.05) is 97.1 Å². The molecule has 4 saturated carbocycles. The zero-order valence-corrected chi connectivity index (χ0v) is 28.4. The summed E-state index contributed by atoms with van der Waals surface area (Å²) in [5, 5.41) is 22.5. The van der Waals surface area contributed by atoms with Crippen molar-refractivity contribution in [1.82, 2.24) is 21.3 Å². The third-order valence-corrected chi connectivity index (χ3v) is 12.2. The second-order valence-corrected chi connectivity index (χ2v) is 15.6. The van der Waals surface area contributed by atoms with E-state index in [2.05, 4.69) is 130 Å². The van der Waals surface area contributed by atoms with Crippen LogP contribution in [0.25, 0.3) is 43.1 Å². The van der Waals surface area contributed by atoms with Crippen LogP contribution in [-0.2, 0) is 13.1 Å². The van der Waals surface area contributed by atoms with Crippen molar-refractivity contribution in [2.45, 2.75) is 51.6 Å². The summed E-state index contributed by atoms with van der Waals surface area (Å²) >= 11 is 0. The molecule has 0 atom stereocenters. The van der Waals surface area contributed by atoms with Crippen molar-refractivity contribution in [3.8, 4) is 0 Å². The molecule has 0 saturated heterocycles. The van der Waals surface area contributed by atoms with Crippen LogP contribution in [0.2, 0.25) is 0 Å². The largest absolute Gasteiger partial charge is 0.338 e. The van der Waals surface area contributed by atoms with Crippen molar-refractivity contribution in [3.05, 3.63) is 120 Å².